The number of ether oxygens (including phenoxy) is 3. The van der Waals surface area contributed by atoms with Crippen LogP contribution in [0.2, 0.25) is 0 Å². The summed E-state index contributed by atoms with van der Waals surface area (Å²) in [5.41, 5.74) is 0.714. The number of methoxy groups -OCH3 is 1. The van der Waals surface area contributed by atoms with Gasteiger partial charge in [0.15, 0.2) is 0 Å². The van der Waals surface area contributed by atoms with Crippen molar-refractivity contribution < 1.29 is 23.8 Å². The molecule has 4 aliphatic rings. The van der Waals surface area contributed by atoms with Crippen LogP contribution in [0.5, 0.6) is 5.75 Å². The lowest BCUT2D eigenvalue weighted by Gasteiger charge is -2.41. The molecule has 2 bridgehead atoms. The lowest BCUT2D eigenvalue weighted by molar-refractivity contribution is -0.139. The maximum Gasteiger partial charge on any atom is 0.257 e. The zero-order valence-electron chi connectivity index (χ0n) is 19.9. The standard InChI is InChI=1S/C26H38N2O5/c1-31-20-26-10-4-5-13-27(24(29)21-8-17-32-18-9-21)16-19-33-23-7-3-2-6-22(23)25(30)28(14-11-26)15-12-26/h2-3,6-7,21H,4-5,8-20H2,1H3. The topological polar surface area (TPSA) is 68.3 Å². The van der Waals surface area contributed by atoms with E-state index in [4.69, 9.17) is 14.2 Å². The highest BCUT2D eigenvalue weighted by Gasteiger charge is 2.36. The van der Waals surface area contributed by atoms with Crippen LogP contribution in [0.4, 0.5) is 0 Å². The van der Waals surface area contributed by atoms with Gasteiger partial charge in [-0.3, -0.25) is 9.59 Å². The maximum atomic E-state index is 13.3. The van der Waals surface area contributed by atoms with Crippen molar-refractivity contribution >= 4 is 11.8 Å². The van der Waals surface area contributed by atoms with Crippen LogP contribution in [0.3, 0.4) is 0 Å². The summed E-state index contributed by atoms with van der Waals surface area (Å²) in [6, 6.07) is 7.48. The summed E-state index contributed by atoms with van der Waals surface area (Å²) in [6.07, 6.45) is 6.56. The molecule has 182 valence electrons. The minimum atomic E-state index is 0.0293. The number of hydrogen-bond donors (Lipinski definition) is 0. The Balaban J connectivity index is 1.53. The highest BCUT2D eigenvalue weighted by Crippen LogP contribution is 2.38. The molecule has 0 spiro atoms. The minimum absolute atomic E-state index is 0.0293. The molecule has 2 fully saturated rings. The number of carbonyl (C=O) groups is 2. The summed E-state index contributed by atoms with van der Waals surface area (Å²) in [7, 11) is 1.77. The third-order valence-electron chi connectivity index (χ3n) is 7.57. The van der Waals surface area contributed by atoms with Crippen molar-refractivity contribution in [2.45, 2.75) is 44.9 Å². The fourth-order valence-electron chi connectivity index (χ4n) is 5.50. The van der Waals surface area contributed by atoms with Gasteiger partial charge in [-0.05, 0) is 56.1 Å². The average Bonchev–Trinajstić information content (AvgIpc) is 2.86. The molecule has 1 aromatic carbocycles. The quantitative estimate of drug-likeness (QED) is 0.695. The monoisotopic (exact) mass is 458 g/mol. The SMILES string of the molecule is COCC12CCCCN(C(=O)C3CCOCC3)CCOc3ccccc3C(=O)N(CC1)CC2. The second-order valence-electron chi connectivity index (χ2n) is 9.74. The number of fused-ring (bicyclic) bond motifs is 9. The maximum absolute atomic E-state index is 13.3. The molecule has 7 heteroatoms. The van der Waals surface area contributed by atoms with Gasteiger partial charge in [0, 0.05) is 45.9 Å². The number of nitrogens with zero attached hydrogens (tertiary/aromatic N) is 2. The molecule has 4 aliphatic heterocycles. The van der Waals surface area contributed by atoms with Crippen LogP contribution in [-0.4, -0.2) is 81.3 Å². The molecule has 0 atom stereocenters. The van der Waals surface area contributed by atoms with Crippen molar-refractivity contribution in [3.05, 3.63) is 29.8 Å². The highest BCUT2D eigenvalue weighted by molar-refractivity contribution is 5.97. The van der Waals surface area contributed by atoms with E-state index < -0.39 is 0 Å². The molecule has 1 aromatic rings. The molecule has 33 heavy (non-hydrogen) atoms. The van der Waals surface area contributed by atoms with Crippen molar-refractivity contribution in [3.8, 4) is 5.75 Å². The summed E-state index contributed by atoms with van der Waals surface area (Å²) in [5, 5.41) is 0. The summed E-state index contributed by atoms with van der Waals surface area (Å²) in [4.78, 5) is 30.5. The third kappa shape index (κ3) is 5.87. The Morgan fingerprint density at radius 1 is 1.03 bits per heavy atom. The van der Waals surface area contributed by atoms with E-state index in [1.165, 1.54) is 0 Å². The number of hydrogen-bond acceptors (Lipinski definition) is 5. The van der Waals surface area contributed by atoms with Crippen molar-refractivity contribution in [1.82, 2.24) is 9.80 Å². The normalized spacial score (nSPS) is 22.8. The van der Waals surface area contributed by atoms with Gasteiger partial charge in [0.25, 0.3) is 5.91 Å². The van der Waals surface area contributed by atoms with Gasteiger partial charge in [0.05, 0.1) is 18.7 Å². The molecule has 4 heterocycles. The summed E-state index contributed by atoms with van der Waals surface area (Å²) in [6.45, 7) is 5.18. The summed E-state index contributed by atoms with van der Waals surface area (Å²) >= 11 is 0. The molecular formula is C26H38N2O5. The average molecular weight is 459 g/mol. The largest absolute Gasteiger partial charge is 0.491 e. The Bertz CT molecular complexity index is 800. The van der Waals surface area contributed by atoms with E-state index in [1.54, 1.807) is 7.11 Å². The highest BCUT2D eigenvalue weighted by atomic mass is 16.5. The van der Waals surface area contributed by atoms with Crippen LogP contribution < -0.4 is 4.74 Å². The van der Waals surface area contributed by atoms with Gasteiger partial charge in [-0.1, -0.05) is 18.6 Å². The molecule has 0 radical (unpaired) electrons. The first-order chi connectivity index (χ1) is 16.1. The Hall–Kier alpha value is -2.12. The second kappa shape index (κ2) is 11.3. The molecule has 5 rings (SSSR count). The lowest BCUT2D eigenvalue weighted by atomic mass is 9.75. The molecular weight excluding hydrogens is 420 g/mol. The van der Waals surface area contributed by atoms with Crippen LogP contribution in [0.25, 0.3) is 0 Å². The predicted molar refractivity (Wildman–Crippen MR) is 125 cm³/mol. The van der Waals surface area contributed by atoms with Crippen LogP contribution in [0.15, 0.2) is 24.3 Å². The summed E-state index contributed by atoms with van der Waals surface area (Å²) in [5.74, 6) is 0.887. The fraction of sp³-hybridized carbons (Fsp3) is 0.692. The van der Waals surface area contributed by atoms with Crippen molar-refractivity contribution in [1.29, 1.82) is 0 Å². The molecule has 2 saturated heterocycles. The predicted octanol–water partition coefficient (Wildman–Crippen LogP) is 3.37. The van der Waals surface area contributed by atoms with Crippen LogP contribution in [-0.2, 0) is 14.3 Å². The second-order valence-corrected chi connectivity index (χ2v) is 9.74. The number of amides is 2. The summed E-state index contributed by atoms with van der Waals surface area (Å²) < 4.78 is 17.1. The van der Waals surface area contributed by atoms with Gasteiger partial charge in [-0.25, -0.2) is 0 Å². The number of piperidine rings is 1. The Labute approximate surface area is 197 Å². The molecule has 0 unspecified atom stereocenters. The van der Waals surface area contributed by atoms with E-state index in [0.717, 1.165) is 71.2 Å². The molecule has 7 nitrogen and oxygen atoms in total. The van der Waals surface area contributed by atoms with Gasteiger partial charge < -0.3 is 24.0 Å². The first kappa shape index (κ1) is 24.0. The first-order valence-electron chi connectivity index (χ1n) is 12.5. The van der Waals surface area contributed by atoms with Gasteiger partial charge in [0.1, 0.15) is 12.4 Å². The van der Waals surface area contributed by atoms with E-state index in [1.807, 2.05) is 34.1 Å². The van der Waals surface area contributed by atoms with Gasteiger partial charge in [-0.15, -0.1) is 0 Å². The van der Waals surface area contributed by atoms with Crippen molar-refractivity contribution in [3.63, 3.8) is 0 Å². The zero-order valence-corrected chi connectivity index (χ0v) is 19.9. The van der Waals surface area contributed by atoms with Crippen molar-refractivity contribution in [2.24, 2.45) is 11.3 Å². The zero-order chi connectivity index (χ0) is 23.1. The molecule has 0 aliphatic carbocycles. The number of para-hydroxylation sites is 1. The molecule has 0 aromatic heterocycles. The van der Waals surface area contributed by atoms with Gasteiger partial charge in [0.2, 0.25) is 5.91 Å². The third-order valence-corrected chi connectivity index (χ3v) is 7.57. The van der Waals surface area contributed by atoms with Crippen LogP contribution >= 0.6 is 0 Å². The van der Waals surface area contributed by atoms with E-state index in [-0.39, 0.29) is 23.1 Å². The van der Waals surface area contributed by atoms with Crippen molar-refractivity contribution in [2.75, 3.05) is 59.7 Å². The van der Waals surface area contributed by atoms with Crippen LogP contribution in [0.1, 0.15) is 55.3 Å². The van der Waals surface area contributed by atoms with E-state index >= 15 is 0 Å². The van der Waals surface area contributed by atoms with E-state index in [0.29, 0.717) is 37.7 Å². The van der Waals surface area contributed by atoms with Gasteiger partial charge >= 0.3 is 0 Å². The molecule has 2 amide bonds. The molecule has 0 saturated carbocycles. The Morgan fingerprint density at radius 2 is 1.79 bits per heavy atom. The fourth-order valence-corrected chi connectivity index (χ4v) is 5.50. The first-order valence-corrected chi connectivity index (χ1v) is 12.5. The number of benzene rings is 1. The lowest BCUT2D eigenvalue weighted by Crippen LogP contribution is -2.45. The minimum Gasteiger partial charge on any atom is -0.491 e. The number of carbonyl (C=O) groups excluding carboxylic acids is 2. The van der Waals surface area contributed by atoms with Crippen LogP contribution in [0, 0.1) is 11.3 Å². The Kier molecular flexibility index (Phi) is 8.25. The van der Waals surface area contributed by atoms with E-state index in [9.17, 15) is 9.59 Å². The molecule has 0 N–H and O–H groups in total. The van der Waals surface area contributed by atoms with Gasteiger partial charge in [-0.2, -0.15) is 0 Å². The Morgan fingerprint density at radius 3 is 2.55 bits per heavy atom. The van der Waals surface area contributed by atoms with E-state index in [2.05, 4.69) is 0 Å². The smallest absolute Gasteiger partial charge is 0.257 e. The number of rotatable bonds is 3.